The third kappa shape index (κ3) is 3.38. The van der Waals surface area contributed by atoms with Crippen molar-refractivity contribution in [3.63, 3.8) is 0 Å². The number of carboxylic acid groups (broad SMARTS) is 1. The molecule has 154 valence electrons. The number of aromatic carboxylic acids is 1. The number of carboxylic acids is 1. The van der Waals surface area contributed by atoms with E-state index < -0.39 is 11.4 Å². The van der Waals surface area contributed by atoms with E-state index in [9.17, 15) is 14.7 Å². The molecule has 1 aliphatic carbocycles. The van der Waals surface area contributed by atoms with Gasteiger partial charge in [-0.05, 0) is 48.9 Å². The summed E-state index contributed by atoms with van der Waals surface area (Å²) in [6, 6.07) is 15.4. The molecule has 30 heavy (non-hydrogen) atoms. The summed E-state index contributed by atoms with van der Waals surface area (Å²) in [5.41, 5.74) is 2.96. The third-order valence-electron chi connectivity index (χ3n) is 5.54. The minimum absolute atomic E-state index is 0.0341. The summed E-state index contributed by atoms with van der Waals surface area (Å²) in [4.78, 5) is 24.7. The van der Waals surface area contributed by atoms with Gasteiger partial charge in [0.05, 0.1) is 17.7 Å². The molecule has 1 saturated carbocycles. The molecule has 0 bridgehead atoms. The van der Waals surface area contributed by atoms with Crippen molar-refractivity contribution in [1.82, 2.24) is 5.16 Å². The molecule has 4 rings (SSSR count). The van der Waals surface area contributed by atoms with Crippen LogP contribution in [0.15, 0.2) is 53.1 Å². The molecule has 0 spiro atoms. The Hall–Kier alpha value is -3.41. The average Bonchev–Trinajstić information content (AvgIpc) is 3.48. The van der Waals surface area contributed by atoms with Gasteiger partial charge in [-0.3, -0.25) is 4.79 Å². The number of rotatable bonds is 7. The largest absolute Gasteiger partial charge is 0.477 e. The molecule has 1 aromatic heterocycles. The molecule has 6 nitrogen and oxygen atoms in total. The molecule has 0 aliphatic heterocycles. The van der Waals surface area contributed by atoms with Crippen molar-refractivity contribution in [3.8, 4) is 22.5 Å². The highest BCUT2D eigenvalue weighted by Crippen LogP contribution is 2.53. The van der Waals surface area contributed by atoms with Crippen LogP contribution in [0.4, 0.5) is 0 Å². The Labute approximate surface area is 174 Å². The topological polar surface area (TPSA) is 89.6 Å². The maximum atomic E-state index is 12.9. The first-order valence-corrected chi connectivity index (χ1v) is 10.0. The smallest absolute Gasteiger partial charge is 0.341 e. The molecule has 6 heteroatoms. The van der Waals surface area contributed by atoms with Crippen LogP contribution in [0.5, 0.6) is 0 Å². The summed E-state index contributed by atoms with van der Waals surface area (Å²) >= 11 is 0. The van der Waals surface area contributed by atoms with E-state index in [-0.39, 0.29) is 17.3 Å². The van der Waals surface area contributed by atoms with Gasteiger partial charge in [0.25, 0.3) is 0 Å². The Kier molecular flexibility index (Phi) is 5.16. The molecule has 0 saturated heterocycles. The molecule has 0 unspecified atom stereocenters. The molecule has 1 N–H and O–H groups in total. The first-order valence-electron chi connectivity index (χ1n) is 10.0. The van der Waals surface area contributed by atoms with Crippen LogP contribution in [0.25, 0.3) is 22.5 Å². The second kappa shape index (κ2) is 7.78. The summed E-state index contributed by atoms with van der Waals surface area (Å²) < 4.78 is 10.9. The number of aryl methyl sites for hydroxylation is 1. The predicted molar refractivity (Wildman–Crippen MR) is 111 cm³/mol. The first-order chi connectivity index (χ1) is 14.5. The van der Waals surface area contributed by atoms with Crippen LogP contribution in [0.2, 0.25) is 0 Å². The van der Waals surface area contributed by atoms with Crippen molar-refractivity contribution >= 4 is 11.9 Å². The number of esters is 1. The van der Waals surface area contributed by atoms with E-state index in [2.05, 4.69) is 5.16 Å². The monoisotopic (exact) mass is 405 g/mol. The number of carbonyl (C=O) groups excluding carboxylic acids is 1. The quantitative estimate of drug-likeness (QED) is 0.557. The molecule has 1 aliphatic rings. The summed E-state index contributed by atoms with van der Waals surface area (Å²) in [5, 5.41) is 13.4. The number of hydrogen-bond acceptors (Lipinski definition) is 5. The average molecular weight is 405 g/mol. The Balaban J connectivity index is 1.87. The normalized spacial score (nSPS) is 14.3. The number of hydrogen-bond donors (Lipinski definition) is 1. The van der Waals surface area contributed by atoms with Gasteiger partial charge in [0, 0.05) is 5.56 Å². The van der Waals surface area contributed by atoms with Gasteiger partial charge < -0.3 is 14.4 Å². The summed E-state index contributed by atoms with van der Waals surface area (Å²) in [7, 11) is 0. The summed E-state index contributed by atoms with van der Waals surface area (Å²) in [5.74, 6) is -1.13. The molecule has 0 amide bonds. The van der Waals surface area contributed by atoms with Crippen molar-refractivity contribution in [2.45, 2.75) is 38.5 Å². The molecular weight excluding hydrogens is 382 g/mol. The number of carbonyl (C=O) groups is 2. The van der Waals surface area contributed by atoms with Crippen LogP contribution in [0.3, 0.4) is 0 Å². The molecule has 3 aromatic rings. The number of nitrogens with zero attached hydrogens (tertiary/aromatic N) is 1. The first kappa shape index (κ1) is 19.9. The van der Waals surface area contributed by atoms with E-state index in [0.717, 1.165) is 23.1 Å². The Morgan fingerprint density at radius 3 is 2.50 bits per heavy atom. The fraction of sp³-hybridized carbons (Fsp3) is 0.292. The van der Waals surface area contributed by atoms with Crippen LogP contribution < -0.4 is 0 Å². The number of ether oxygens (including phenoxy) is 1. The van der Waals surface area contributed by atoms with Gasteiger partial charge in [-0.2, -0.15) is 0 Å². The number of benzene rings is 2. The zero-order valence-corrected chi connectivity index (χ0v) is 17.0. The minimum atomic E-state index is -1.10. The Bertz CT molecular complexity index is 1100. The second-order valence-electron chi connectivity index (χ2n) is 7.62. The summed E-state index contributed by atoms with van der Waals surface area (Å²) in [6.45, 7) is 3.94. The van der Waals surface area contributed by atoms with Crippen LogP contribution in [0.1, 0.15) is 47.8 Å². The van der Waals surface area contributed by atoms with Crippen LogP contribution in [0, 0.1) is 6.92 Å². The van der Waals surface area contributed by atoms with Crippen molar-refractivity contribution in [3.05, 3.63) is 65.4 Å². The lowest BCUT2D eigenvalue weighted by Gasteiger charge is -2.20. The molecule has 1 fully saturated rings. The van der Waals surface area contributed by atoms with E-state index in [0.29, 0.717) is 30.7 Å². The fourth-order valence-electron chi connectivity index (χ4n) is 3.81. The maximum Gasteiger partial charge on any atom is 0.341 e. The lowest BCUT2D eigenvalue weighted by Crippen LogP contribution is -2.24. The van der Waals surface area contributed by atoms with Crippen molar-refractivity contribution in [2.24, 2.45) is 0 Å². The van der Waals surface area contributed by atoms with Crippen LogP contribution >= 0.6 is 0 Å². The van der Waals surface area contributed by atoms with E-state index >= 15 is 0 Å². The highest BCUT2D eigenvalue weighted by molar-refractivity contribution is 5.96. The summed E-state index contributed by atoms with van der Waals surface area (Å²) in [6.07, 6.45) is 2.15. The molecule has 0 atom stereocenters. The molecule has 1 heterocycles. The van der Waals surface area contributed by atoms with E-state index in [1.165, 1.54) is 0 Å². The lowest BCUT2D eigenvalue weighted by molar-refractivity contribution is -0.146. The van der Waals surface area contributed by atoms with Crippen LogP contribution in [-0.4, -0.2) is 28.8 Å². The van der Waals surface area contributed by atoms with Crippen molar-refractivity contribution in [1.29, 1.82) is 0 Å². The standard InChI is InChI=1S/C24H23NO5/c1-3-13-29-23(28)24(11-12-24)19-14-17(21-20(22(26)27)15(2)25-30-21)9-10-18(19)16-7-5-4-6-8-16/h4-10,14H,3,11-13H2,1-2H3,(H,26,27). The van der Waals surface area contributed by atoms with Gasteiger partial charge in [-0.15, -0.1) is 0 Å². The molecule has 0 radical (unpaired) electrons. The maximum absolute atomic E-state index is 12.9. The van der Waals surface area contributed by atoms with Gasteiger partial charge >= 0.3 is 11.9 Å². The fourth-order valence-corrected chi connectivity index (χ4v) is 3.81. The number of aromatic nitrogens is 1. The van der Waals surface area contributed by atoms with Gasteiger partial charge in [0.2, 0.25) is 0 Å². The SMILES string of the molecule is CCCOC(=O)C1(c2cc(-c3onc(C)c3C(=O)O)ccc2-c2ccccc2)CC1. The highest BCUT2D eigenvalue weighted by Gasteiger charge is 2.54. The third-order valence-corrected chi connectivity index (χ3v) is 5.54. The van der Waals surface area contributed by atoms with Gasteiger partial charge in [-0.1, -0.05) is 54.5 Å². The van der Waals surface area contributed by atoms with E-state index in [1.54, 1.807) is 6.92 Å². The van der Waals surface area contributed by atoms with Gasteiger partial charge in [0.1, 0.15) is 5.56 Å². The molecule has 2 aromatic carbocycles. The van der Waals surface area contributed by atoms with Crippen molar-refractivity contribution in [2.75, 3.05) is 6.61 Å². The minimum Gasteiger partial charge on any atom is -0.477 e. The molecular formula is C24H23NO5. The zero-order chi connectivity index (χ0) is 21.3. The Morgan fingerprint density at radius 1 is 1.13 bits per heavy atom. The second-order valence-corrected chi connectivity index (χ2v) is 7.62. The van der Waals surface area contributed by atoms with Gasteiger partial charge in [0.15, 0.2) is 5.76 Å². The van der Waals surface area contributed by atoms with E-state index in [1.807, 2.05) is 55.5 Å². The predicted octanol–water partition coefficient (Wildman–Crippen LogP) is 5.00. The lowest BCUT2D eigenvalue weighted by atomic mass is 9.86. The van der Waals surface area contributed by atoms with E-state index in [4.69, 9.17) is 9.26 Å². The van der Waals surface area contributed by atoms with Crippen molar-refractivity contribution < 1.29 is 24.0 Å². The van der Waals surface area contributed by atoms with Crippen LogP contribution in [-0.2, 0) is 14.9 Å². The highest BCUT2D eigenvalue weighted by atomic mass is 16.5. The van der Waals surface area contributed by atoms with Gasteiger partial charge in [-0.25, -0.2) is 4.79 Å². The zero-order valence-electron chi connectivity index (χ0n) is 17.0. The Morgan fingerprint density at radius 2 is 1.87 bits per heavy atom.